The van der Waals surface area contributed by atoms with Crippen molar-refractivity contribution < 1.29 is 8.42 Å². The SMILES string of the molecule is Cc1cccc(CNS(=O)(=O)c2ccn[nH]2)c1. The first-order chi connectivity index (χ1) is 8.08. The minimum atomic E-state index is -3.50. The number of H-pyrrole nitrogens is 1. The van der Waals surface area contributed by atoms with Crippen LogP contribution in [-0.4, -0.2) is 18.6 Å². The van der Waals surface area contributed by atoms with Gasteiger partial charge in [0.2, 0.25) is 0 Å². The smallest absolute Gasteiger partial charge is 0.257 e. The molecule has 5 nitrogen and oxygen atoms in total. The lowest BCUT2D eigenvalue weighted by atomic mass is 10.1. The second-order valence-corrected chi connectivity index (χ2v) is 5.47. The van der Waals surface area contributed by atoms with E-state index in [4.69, 9.17) is 0 Å². The number of sulfonamides is 1. The van der Waals surface area contributed by atoms with Crippen molar-refractivity contribution in [3.05, 3.63) is 47.7 Å². The fourth-order valence-corrected chi connectivity index (χ4v) is 2.40. The summed E-state index contributed by atoms with van der Waals surface area (Å²) in [7, 11) is -3.50. The van der Waals surface area contributed by atoms with Crippen LogP contribution in [0.3, 0.4) is 0 Å². The molecular formula is C11H13N3O2S. The van der Waals surface area contributed by atoms with E-state index in [0.717, 1.165) is 11.1 Å². The van der Waals surface area contributed by atoms with E-state index in [1.165, 1.54) is 12.3 Å². The van der Waals surface area contributed by atoms with Crippen molar-refractivity contribution in [1.82, 2.24) is 14.9 Å². The minimum Gasteiger partial charge on any atom is -0.266 e. The molecule has 0 radical (unpaired) electrons. The second-order valence-electron chi connectivity index (χ2n) is 3.73. The Labute approximate surface area is 99.9 Å². The molecule has 0 fully saturated rings. The molecule has 90 valence electrons. The van der Waals surface area contributed by atoms with E-state index in [-0.39, 0.29) is 11.6 Å². The van der Waals surface area contributed by atoms with Gasteiger partial charge < -0.3 is 0 Å². The Morgan fingerprint density at radius 2 is 2.18 bits per heavy atom. The average Bonchev–Trinajstić information content (AvgIpc) is 2.81. The summed E-state index contributed by atoms with van der Waals surface area (Å²) < 4.78 is 26.0. The number of rotatable bonds is 4. The fourth-order valence-electron chi connectivity index (χ4n) is 1.47. The van der Waals surface area contributed by atoms with E-state index in [2.05, 4.69) is 14.9 Å². The van der Waals surface area contributed by atoms with Gasteiger partial charge in [-0.3, -0.25) is 5.10 Å². The molecule has 1 heterocycles. The summed E-state index contributed by atoms with van der Waals surface area (Å²) in [4.78, 5) is 0. The third kappa shape index (κ3) is 2.92. The predicted molar refractivity (Wildman–Crippen MR) is 63.8 cm³/mol. The maximum atomic E-state index is 11.8. The first-order valence-electron chi connectivity index (χ1n) is 5.12. The summed E-state index contributed by atoms with van der Waals surface area (Å²) in [5, 5.41) is 6.11. The second kappa shape index (κ2) is 4.68. The molecule has 17 heavy (non-hydrogen) atoms. The molecule has 0 saturated heterocycles. The summed E-state index contributed by atoms with van der Waals surface area (Å²) >= 11 is 0. The maximum absolute atomic E-state index is 11.8. The highest BCUT2D eigenvalue weighted by atomic mass is 32.2. The van der Waals surface area contributed by atoms with Crippen LogP contribution in [-0.2, 0) is 16.6 Å². The third-order valence-corrected chi connectivity index (χ3v) is 3.64. The number of aromatic amines is 1. The molecule has 0 aliphatic carbocycles. The summed E-state index contributed by atoms with van der Waals surface area (Å²) in [6, 6.07) is 9.10. The van der Waals surface area contributed by atoms with Crippen molar-refractivity contribution in [2.45, 2.75) is 18.5 Å². The van der Waals surface area contributed by atoms with Crippen molar-refractivity contribution >= 4 is 10.0 Å². The summed E-state index contributed by atoms with van der Waals surface area (Å²) in [5.41, 5.74) is 2.02. The summed E-state index contributed by atoms with van der Waals surface area (Å²) in [6.45, 7) is 2.23. The van der Waals surface area contributed by atoms with E-state index in [1.54, 1.807) is 0 Å². The van der Waals surface area contributed by atoms with E-state index in [0.29, 0.717) is 0 Å². The maximum Gasteiger partial charge on any atom is 0.257 e. The zero-order valence-corrected chi connectivity index (χ0v) is 10.2. The Hall–Kier alpha value is -1.66. The molecule has 1 aromatic heterocycles. The Morgan fingerprint density at radius 3 is 2.82 bits per heavy atom. The Balaban J connectivity index is 2.08. The molecule has 0 unspecified atom stereocenters. The van der Waals surface area contributed by atoms with E-state index in [9.17, 15) is 8.42 Å². The van der Waals surface area contributed by atoms with Gasteiger partial charge in [0.25, 0.3) is 10.0 Å². The molecule has 0 saturated carbocycles. The molecule has 6 heteroatoms. The van der Waals surface area contributed by atoms with Crippen LogP contribution in [0.15, 0.2) is 41.6 Å². The quantitative estimate of drug-likeness (QED) is 0.857. The summed E-state index contributed by atoms with van der Waals surface area (Å²) in [5.74, 6) is 0. The molecule has 2 aromatic rings. The lowest BCUT2D eigenvalue weighted by molar-refractivity contribution is 0.577. The molecule has 2 rings (SSSR count). The number of nitrogens with zero attached hydrogens (tertiary/aromatic N) is 1. The fraction of sp³-hybridized carbons (Fsp3) is 0.182. The zero-order valence-electron chi connectivity index (χ0n) is 9.34. The predicted octanol–water partition coefficient (Wildman–Crippen LogP) is 1.20. The standard InChI is InChI=1S/C11H13N3O2S/c1-9-3-2-4-10(7-9)8-13-17(15,16)11-5-6-12-14-11/h2-7,13H,8H2,1H3,(H,12,14). The first-order valence-corrected chi connectivity index (χ1v) is 6.61. The van der Waals surface area contributed by atoms with Crippen LogP contribution in [0.4, 0.5) is 0 Å². The van der Waals surface area contributed by atoms with Gasteiger partial charge in [-0.2, -0.15) is 5.10 Å². The molecule has 0 amide bonds. The van der Waals surface area contributed by atoms with Crippen molar-refractivity contribution in [3.63, 3.8) is 0 Å². The van der Waals surface area contributed by atoms with Crippen LogP contribution < -0.4 is 4.72 Å². The van der Waals surface area contributed by atoms with Gasteiger partial charge in [-0.1, -0.05) is 29.8 Å². The van der Waals surface area contributed by atoms with Crippen LogP contribution in [0, 0.1) is 6.92 Å². The van der Waals surface area contributed by atoms with E-state index >= 15 is 0 Å². The van der Waals surface area contributed by atoms with Gasteiger partial charge in [0, 0.05) is 6.54 Å². The molecular weight excluding hydrogens is 238 g/mol. The Morgan fingerprint density at radius 1 is 1.35 bits per heavy atom. The lowest BCUT2D eigenvalue weighted by Crippen LogP contribution is -2.23. The number of aryl methyl sites for hydroxylation is 1. The number of hydrogen-bond donors (Lipinski definition) is 2. The van der Waals surface area contributed by atoms with Crippen LogP contribution in [0.5, 0.6) is 0 Å². The van der Waals surface area contributed by atoms with Crippen LogP contribution in [0.1, 0.15) is 11.1 Å². The minimum absolute atomic E-state index is 0.0742. The van der Waals surface area contributed by atoms with Crippen LogP contribution >= 0.6 is 0 Å². The van der Waals surface area contributed by atoms with E-state index < -0.39 is 10.0 Å². The highest BCUT2D eigenvalue weighted by Crippen LogP contribution is 2.07. The van der Waals surface area contributed by atoms with Crippen LogP contribution in [0.25, 0.3) is 0 Å². The normalized spacial score (nSPS) is 11.6. The number of aromatic nitrogens is 2. The molecule has 0 aliphatic heterocycles. The van der Waals surface area contributed by atoms with Gasteiger partial charge in [0.1, 0.15) is 0 Å². The molecule has 0 atom stereocenters. The molecule has 0 spiro atoms. The average molecular weight is 251 g/mol. The number of hydrogen-bond acceptors (Lipinski definition) is 3. The van der Waals surface area contributed by atoms with Gasteiger partial charge in [0.05, 0.1) is 6.20 Å². The zero-order chi connectivity index (χ0) is 12.3. The number of benzene rings is 1. The van der Waals surface area contributed by atoms with Crippen molar-refractivity contribution in [2.24, 2.45) is 0 Å². The third-order valence-electron chi connectivity index (χ3n) is 2.31. The van der Waals surface area contributed by atoms with Gasteiger partial charge in [0.15, 0.2) is 5.03 Å². The molecule has 2 N–H and O–H groups in total. The molecule has 1 aromatic carbocycles. The molecule has 0 bridgehead atoms. The first kappa shape index (κ1) is 11.8. The van der Waals surface area contributed by atoms with Crippen molar-refractivity contribution in [2.75, 3.05) is 0 Å². The van der Waals surface area contributed by atoms with Gasteiger partial charge in [-0.25, -0.2) is 13.1 Å². The lowest BCUT2D eigenvalue weighted by Gasteiger charge is -2.05. The largest absolute Gasteiger partial charge is 0.266 e. The topological polar surface area (TPSA) is 74.8 Å². The van der Waals surface area contributed by atoms with Crippen molar-refractivity contribution in [1.29, 1.82) is 0 Å². The van der Waals surface area contributed by atoms with Crippen LogP contribution in [0.2, 0.25) is 0 Å². The van der Waals surface area contributed by atoms with Gasteiger partial charge >= 0.3 is 0 Å². The van der Waals surface area contributed by atoms with E-state index in [1.807, 2.05) is 31.2 Å². The van der Waals surface area contributed by atoms with Crippen molar-refractivity contribution in [3.8, 4) is 0 Å². The highest BCUT2D eigenvalue weighted by Gasteiger charge is 2.14. The number of nitrogens with one attached hydrogen (secondary N) is 2. The summed E-state index contributed by atoms with van der Waals surface area (Å²) in [6.07, 6.45) is 1.40. The Bertz CT molecular complexity index is 591. The monoisotopic (exact) mass is 251 g/mol. The highest BCUT2D eigenvalue weighted by molar-refractivity contribution is 7.89. The Kier molecular flexibility index (Phi) is 3.26. The van der Waals surface area contributed by atoms with Gasteiger partial charge in [-0.15, -0.1) is 0 Å². The molecule has 0 aliphatic rings. The van der Waals surface area contributed by atoms with Gasteiger partial charge in [-0.05, 0) is 18.6 Å².